The average molecular weight is 405 g/mol. The molecule has 1 aromatic rings. The van der Waals surface area contributed by atoms with Crippen molar-refractivity contribution in [1.82, 2.24) is 0 Å². The summed E-state index contributed by atoms with van der Waals surface area (Å²) in [4.78, 5) is 11.9. The number of halogens is 3. The molecule has 2 rings (SSSR count). The van der Waals surface area contributed by atoms with E-state index in [0.717, 1.165) is 25.0 Å². The molecular formula is C18H27F3N2O3Si. The van der Waals surface area contributed by atoms with Gasteiger partial charge >= 0.3 is 6.18 Å². The van der Waals surface area contributed by atoms with Gasteiger partial charge in [0.1, 0.15) is 5.56 Å². The number of nitrogens with zero attached hydrogens (tertiary/aromatic N) is 2. The van der Waals surface area contributed by atoms with E-state index in [1.54, 1.807) is 0 Å². The molecule has 1 aliphatic rings. The maximum atomic E-state index is 13.3. The van der Waals surface area contributed by atoms with Gasteiger partial charge in [0, 0.05) is 18.3 Å². The molecular weight excluding hydrogens is 377 g/mol. The van der Waals surface area contributed by atoms with Gasteiger partial charge < -0.3 is 9.33 Å². The van der Waals surface area contributed by atoms with Gasteiger partial charge in [0.15, 0.2) is 9.76 Å². The largest absolute Gasteiger partial charge is 0.423 e. The number of hydrogen-bond donors (Lipinski definition) is 0. The molecule has 9 heteroatoms. The quantitative estimate of drug-likeness (QED) is 0.406. The Morgan fingerprint density at radius 1 is 1.22 bits per heavy atom. The van der Waals surface area contributed by atoms with Crippen LogP contribution in [0.5, 0.6) is 0 Å². The minimum Gasteiger partial charge on any atom is -0.416 e. The number of nitro benzene ring substituents is 1. The van der Waals surface area contributed by atoms with E-state index in [2.05, 4.69) is 20.8 Å². The van der Waals surface area contributed by atoms with Gasteiger partial charge in [0.25, 0.3) is 5.69 Å². The summed E-state index contributed by atoms with van der Waals surface area (Å²) in [6.07, 6.45) is -3.13. The monoisotopic (exact) mass is 404 g/mol. The van der Waals surface area contributed by atoms with Crippen LogP contribution in [0, 0.1) is 10.1 Å². The Morgan fingerprint density at radius 3 is 2.37 bits per heavy atom. The van der Waals surface area contributed by atoms with Crippen molar-refractivity contribution in [2.75, 3.05) is 11.4 Å². The van der Waals surface area contributed by atoms with E-state index < -0.39 is 37.7 Å². The molecule has 1 atom stereocenters. The number of alkyl halides is 3. The Balaban J connectivity index is 2.35. The van der Waals surface area contributed by atoms with E-state index in [-0.39, 0.29) is 11.1 Å². The lowest BCUT2D eigenvalue weighted by Gasteiger charge is -2.40. The first-order chi connectivity index (χ1) is 12.2. The van der Waals surface area contributed by atoms with Crippen molar-refractivity contribution in [3.63, 3.8) is 0 Å². The molecule has 1 saturated heterocycles. The highest BCUT2D eigenvalue weighted by Crippen LogP contribution is 2.41. The van der Waals surface area contributed by atoms with E-state index in [9.17, 15) is 23.3 Å². The molecule has 5 nitrogen and oxygen atoms in total. The Hall–Kier alpha value is -1.61. The summed E-state index contributed by atoms with van der Waals surface area (Å²) in [5.74, 6) is 0. The van der Waals surface area contributed by atoms with Crippen LogP contribution in [0.15, 0.2) is 18.2 Å². The van der Waals surface area contributed by atoms with Crippen molar-refractivity contribution in [3.8, 4) is 0 Å². The second kappa shape index (κ2) is 7.42. The van der Waals surface area contributed by atoms with Crippen molar-refractivity contribution < 1.29 is 22.5 Å². The SMILES string of the molecule is CC(C)(C)[SiH2]OC(C)(C)C1CCCN1c1ccc([N+](=O)[O-])c(C(F)(F)F)c1. The van der Waals surface area contributed by atoms with Crippen molar-refractivity contribution >= 4 is 21.1 Å². The van der Waals surface area contributed by atoms with E-state index in [1.165, 1.54) is 6.07 Å². The van der Waals surface area contributed by atoms with Crippen LogP contribution in [0.2, 0.25) is 5.04 Å². The third-order valence-corrected chi connectivity index (χ3v) is 6.50. The van der Waals surface area contributed by atoms with Gasteiger partial charge in [-0.25, -0.2) is 0 Å². The fraction of sp³-hybridized carbons (Fsp3) is 0.667. The highest BCUT2D eigenvalue weighted by Gasteiger charge is 2.42. The van der Waals surface area contributed by atoms with Crippen molar-refractivity contribution in [2.45, 2.75) is 70.3 Å². The van der Waals surface area contributed by atoms with Crippen LogP contribution in [-0.4, -0.2) is 32.9 Å². The molecule has 0 aromatic heterocycles. The molecule has 0 radical (unpaired) electrons. The zero-order valence-electron chi connectivity index (χ0n) is 16.4. The van der Waals surface area contributed by atoms with Gasteiger partial charge in [-0.05, 0) is 43.9 Å². The summed E-state index contributed by atoms with van der Waals surface area (Å²) < 4.78 is 46.2. The summed E-state index contributed by atoms with van der Waals surface area (Å²) in [5.41, 5.74) is -2.28. The summed E-state index contributed by atoms with van der Waals surface area (Å²) in [5, 5.41) is 11.1. The number of nitro groups is 1. The Bertz CT molecular complexity index is 702. The fourth-order valence-electron chi connectivity index (χ4n) is 3.39. The zero-order valence-corrected chi connectivity index (χ0v) is 17.8. The predicted molar refractivity (Wildman–Crippen MR) is 102 cm³/mol. The lowest BCUT2D eigenvalue weighted by atomic mass is 9.96. The molecule has 0 saturated carbocycles. The van der Waals surface area contributed by atoms with Gasteiger partial charge in [0.05, 0.1) is 16.6 Å². The van der Waals surface area contributed by atoms with Gasteiger partial charge in [-0.2, -0.15) is 13.2 Å². The number of anilines is 1. The zero-order chi connectivity index (χ0) is 20.6. The smallest absolute Gasteiger partial charge is 0.416 e. The molecule has 0 N–H and O–H groups in total. The Labute approximate surface area is 160 Å². The molecule has 0 amide bonds. The van der Waals surface area contributed by atoms with E-state index in [1.807, 2.05) is 18.7 Å². The minimum absolute atomic E-state index is 0.0742. The summed E-state index contributed by atoms with van der Waals surface area (Å²) in [6.45, 7) is 10.9. The average Bonchev–Trinajstić information content (AvgIpc) is 3.01. The molecule has 0 aliphatic carbocycles. The van der Waals surface area contributed by atoms with Crippen LogP contribution in [-0.2, 0) is 10.6 Å². The third kappa shape index (κ3) is 5.22. The lowest BCUT2D eigenvalue weighted by Crippen LogP contribution is -2.49. The van der Waals surface area contributed by atoms with Crippen LogP contribution in [0.1, 0.15) is 53.0 Å². The molecule has 1 fully saturated rings. The van der Waals surface area contributed by atoms with Crippen molar-refractivity contribution in [2.24, 2.45) is 0 Å². The molecule has 1 heterocycles. The van der Waals surface area contributed by atoms with Crippen LogP contribution >= 0.6 is 0 Å². The molecule has 1 aromatic carbocycles. The van der Waals surface area contributed by atoms with Crippen LogP contribution in [0.4, 0.5) is 24.5 Å². The summed E-state index contributed by atoms with van der Waals surface area (Å²) >= 11 is 0. The first-order valence-electron chi connectivity index (χ1n) is 8.99. The number of benzene rings is 1. The van der Waals surface area contributed by atoms with E-state index in [4.69, 9.17) is 4.43 Å². The topological polar surface area (TPSA) is 55.6 Å². The lowest BCUT2D eigenvalue weighted by molar-refractivity contribution is -0.388. The van der Waals surface area contributed by atoms with Gasteiger partial charge in [-0.1, -0.05) is 20.8 Å². The Morgan fingerprint density at radius 2 is 1.85 bits per heavy atom. The Kier molecular flexibility index (Phi) is 5.96. The molecule has 1 unspecified atom stereocenters. The first kappa shape index (κ1) is 21.7. The van der Waals surface area contributed by atoms with Crippen molar-refractivity contribution in [3.05, 3.63) is 33.9 Å². The molecule has 27 heavy (non-hydrogen) atoms. The molecule has 0 bridgehead atoms. The summed E-state index contributed by atoms with van der Waals surface area (Å²) in [6, 6.07) is 3.18. The highest BCUT2D eigenvalue weighted by atomic mass is 28.2. The number of rotatable bonds is 5. The van der Waals surface area contributed by atoms with Gasteiger partial charge in [0.2, 0.25) is 0 Å². The van der Waals surface area contributed by atoms with Crippen LogP contribution in [0.3, 0.4) is 0 Å². The fourth-order valence-corrected chi connectivity index (χ4v) is 4.38. The first-order valence-corrected chi connectivity index (χ1v) is 10.3. The van der Waals surface area contributed by atoms with Crippen molar-refractivity contribution in [1.29, 1.82) is 0 Å². The van der Waals surface area contributed by atoms with Gasteiger partial charge in [-0.3, -0.25) is 10.1 Å². The second-order valence-corrected chi connectivity index (χ2v) is 11.5. The predicted octanol–water partition coefficient (Wildman–Crippen LogP) is 4.68. The van der Waals surface area contributed by atoms with Crippen LogP contribution < -0.4 is 4.90 Å². The normalized spacial score (nSPS) is 19.3. The maximum absolute atomic E-state index is 13.3. The van der Waals surface area contributed by atoms with Gasteiger partial charge in [-0.15, -0.1) is 0 Å². The number of hydrogen-bond acceptors (Lipinski definition) is 4. The third-order valence-electron chi connectivity index (χ3n) is 4.75. The highest BCUT2D eigenvalue weighted by molar-refractivity contribution is 6.31. The minimum atomic E-state index is -4.78. The molecule has 0 spiro atoms. The standard InChI is InChI=1S/C18H27F3N2O3Si/c1-16(2,3)27-26-17(4,5)15-7-6-10-22(15)12-8-9-14(23(24)25)13(11-12)18(19,20)21/h8-9,11,15H,6-7,10,27H2,1-5H3. The molecule has 1 aliphatic heterocycles. The summed E-state index contributed by atoms with van der Waals surface area (Å²) in [7, 11) is -0.834. The second-order valence-electron chi connectivity index (χ2n) is 8.76. The van der Waals surface area contributed by atoms with Crippen LogP contribution in [0.25, 0.3) is 0 Å². The van der Waals surface area contributed by atoms with E-state index in [0.29, 0.717) is 12.2 Å². The van der Waals surface area contributed by atoms with E-state index >= 15 is 0 Å². The molecule has 152 valence electrons. The maximum Gasteiger partial charge on any atom is 0.423 e.